The van der Waals surface area contributed by atoms with Crippen molar-refractivity contribution in [3.05, 3.63) is 35.9 Å². The standard InChI is InChI=1S/C15H23NO/c1-5-13(15(17)16(3)4)11-12(2)14-9-7-6-8-10-14/h6-10,12-13H,5,11H2,1-4H3. The van der Waals surface area contributed by atoms with Crippen LogP contribution in [0.25, 0.3) is 0 Å². The van der Waals surface area contributed by atoms with Crippen molar-refractivity contribution >= 4 is 5.91 Å². The lowest BCUT2D eigenvalue weighted by Gasteiger charge is -2.22. The first-order chi connectivity index (χ1) is 8.06. The van der Waals surface area contributed by atoms with E-state index < -0.39 is 0 Å². The highest BCUT2D eigenvalue weighted by Crippen LogP contribution is 2.25. The summed E-state index contributed by atoms with van der Waals surface area (Å²) in [4.78, 5) is 13.7. The maximum absolute atomic E-state index is 12.0. The van der Waals surface area contributed by atoms with E-state index >= 15 is 0 Å². The van der Waals surface area contributed by atoms with Crippen molar-refractivity contribution in [2.45, 2.75) is 32.6 Å². The Balaban J connectivity index is 2.66. The van der Waals surface area contributed by atoms with Gasteiger partial charge in [0, 0.05) is 20.0 Å². The minimum Gasteiger partial charge on any atom is -0.349 e. The van der Waals surface area contributed by atoms with Crippen LogP contribution in [0, 0.1) is 5.92 Å². The average molecular weight is 233 g/mol. The highest BCUT2D eigenvalue weighted by Gasteiger charge is 2.21. The van der Waals surface area contributed by atoms with E-state index in [2.05, 4.69) is 38.1 Å². The van der Waals surface area contributed by atoms with E-state index in [1.165, 1.54) is 5.56 Å². The van der Waals surface area contributed by atoms with Crippen LogP contribution >= 0.6 is 0 Å². The maximum Gasteiger partial charge on any atom is 0.225 e. The monoisotopic (exact) mass is 233 g/mol. The van der Waals surface area contributed by atoms with E-state index in [4.69, 9.17) is 0 Å². The first-order valence-corrected chi connectivity index (χ1v) is 6.32. The number of benzene rings is 1. The molecule has 17 heavy (non-hydrogen) atoms. The molecule has 94 valence electrons. The highest BCUT2D eigenvalue weighted by atomic mass is 16.2. The van der Waals surface area contributed by atoms with Gasteiger partial charge in [-0.2, -0.15) is 0 Å². The Morgan fingerprint density at radius 3 is 2.29 bits per heavy atom. The van der Waals surface area contributed by atoms with Crippen LogP contribution in [0.4, 0.5) is 0 Å². The zero-order valence-corrected chi connectivity index (χ0v) is 11.3. The molecule has 0 aliphatic carbocycles. The van der Waals surface area contributed by atoms with Gasteiger partial charge >= 0.3 is 0 Å². The van der Waals surface area contributed by atoms with Gasteiger partial charge in [0.1, 0.15) is 0 Å². The van der Waals surface area contributed by atoms with E-state index in [0.717, 1.165) is 12.8 Å². The Morgan fingerprint density at radius 2 is 1.82 bits per heavy atom. The molecule has 1 rings (SSSR count). The molecule has 0 fully saturated rings. The predicted octanol–water partition coefficient (Wildman–Crippen LogP) is 3.29. The summed E-state index contributed by atoms with van der Waals surface area (Å²) < 4.78 is 0. The fourth-order valence-electron chi connectivity index (χ4n) is 2.15. The summed E-state index contributed by atoms with van der Waals surface area (Å²) in [7, 11) is 3.66. The molecule has 0 saturated heterocycles. The van der Waals surface area contributed by atoms with Gasteiger partial charge in [0.05, 0.1) is 0 Å². The van der Waals surface area contributed by atoms with Gasteiger partial charge < -0.3 is 4.90 Å². The molecule has 0 aromatic heterocycles. The molecule has 0 N–H and O–H groups in total. The second-order valence-corrected chi connectivity index (χ2v) is 4.89. The number of nitrogens with zero attached hydrogens (tertiary/aromatic N) is 1. The Hall–Kier alpha value is -1.31. The van der Waals surface area contributed by atoms with Crippen LogP contribution in [0.5, 0.6) is 0 Å². The van der Waals surface area contributed by atoms with Crippen molar-refractivity contribution < 1.29 is 4.79 Å². The third-order valence-electron chi connectivity index (χ3n) is 3.29. The lowest BCUT2D eigenvalue weighted by Crippen LogP contribution is -2.30. The smallest absolute Gasteiger partial charge is 0.225 e. The number of hydrogen-bond donors (Lipinski definition) is 0. The molecule has 0 radical (unpaired) electrons. The molecule has 2 atom stereocenters. The van der Waals surface area contributed by atoms with Gasteiger partial charge in [-0.1, -0.05) is 44.2 Å². The molecule has 2 nitrogen and oxygen atoms in total. The fourth-order valence-corrected chi connectivity index (χ4v) is 2.15. The van der Waals surface area contributed by atoms with Crippen LogP contribution in [0.3, 0.4) is 0 Å². The van der Waals surface area contributed by atoms with Crippen LogP contribution in [0.1, 0.15) is 38.2 Å². The fraction of sp³-hybridized carbons (Fsp3) is 0.533. The molecular weight excluding hydrogens is 210 g/mol. The van der Waals surface area contributed by atoms with Crippen molar-refractivity contribution in [3.8, 4) is 0 Å². The Kier molecular flexibility index (Phi) is 5.20. The molecule has 2 unspecified atom stereocenters. The van der Waals surface area contributed by atoms with Gasteiger partial charge in [-0.25, -0.2) is 0 Å². The van der Waals surface area contributed by atoms with Crippen molar-refractivity contribution in [3.63, 3.8) is 0 Å². The first-order valence-electron chi connectivity index (χ1n) is 6.32. The zero-order valence-electron chi connectivity index (χ0n) is 11.3. The maximum atomic E-state index is 12.0. The van der Waals surface area contributed by atoms with Gasteiger partial charge in [-0.3, -0.25) is 4.79 Å². The largest absolute Gasteiger partial charge is 0.349 e. The first kappa shape index (κ1) is 13.8. The van der Waals surface area contributed by atoms with Gasteiger partial charge in [0.2, 0.25) is 5.91 Å². The summed E-state index contributed by atoms with van der Waals surface area (Å²) in [6.07, 6.45) is 1.84. The molecule has 0 heterocycles. The number of carbonyl (C=O) groups excluding carboxylic acids is 1. The second-order valence-electron chi connectivity index (χ2n) is 4.89. The van der Waals surface area contributed by atoms with Crippen LogP contribution in [0.15, 0.2) is 30.3 Å². The van der Waals surface area contributed by atoms with Crippen LogP contribution in [-0.4, -0.2) is 24.9 Å². The van der Waals surface area contributed by atoms with Gasteiger partial charge in [-0.15, -0.1) is 0 Å². The molecule has 0 spiro atoms. The minimum absolute atomic E-state index is 0.139. The molecular formula is C15H23NO. The van der Waals surface area contributed by atoms with E-state index in [1.54, 1.807) is 4.90 Å². The SMILES string of the molecule is CCC(CC(C)c1ccccc1)C(=O)N(C)C. The lowest BCUT2D eigenvalue weighted by molar-refractivity contribution is -0.133. The Bertz CT molecular complexity index is 345. The predicted molar refractivity (Wildman–Crippen MR) is 71.9 cm³/mol. The number of carbonyl (C=O) groups is 1. The molecule has 1 aromatic carbocycles. The quantitative estimate of drug-likeness (QED) is 0.764. The summed E-state index contributed by atoms with van der Waals surface area (Å²) in [5.74, 6) is 0.820. The molecule has 0 aliphatic rings. The second kappa shape index (κ2) is 6.43. The van der Waals surface area contributed by atoms with Crippen molar-refractivity contribution in [2.75, 3.05) is 14.1 Å². The summed E-state index contributed by atoms with van der Waals surface area (Å²) in [6, 6.07) is 10.4. The average Bonchev–Trinajstić information content (AvgIpc) is 2.35. The third kappa shape index (κ3) is 3.88. The summed E-state index contributed by atoms with van der Waals surface area (Å²) in [6.45, 7) is 4.28. The van der Waals surface area contributed by atoms with Crippen molar-refractivity contribution in [2.24, 2.45) is 5.92 Å². The van der Waals surface area contributed by atoms with Gasteiger partial charge in [0.15, 0.2) is 0 Å². The highest BCUT2D eigenvalue weighted by molar-refractivity contribution is 5.78. The Morgan fingerprint density at radius 1 is 1.24 bits per heavy atom. The van der Waals surface area contributed by atoms with E-state index in [9.17, 15) is 4.79 Å². The summed E-state index contributed by atoms with van der Waals surface area (Å²) in [5, 5.41) is 0. The van der Waals surface area contributed by atoms with Gasteiger partial charge in [0.25, 0.3) is 0 Å². The van der Waals surface area contributed by atoms with Gasteiger partial charge in [-0.05, 0) is 24.3 Å². The lowest BCUT2D eigenvalue weighted by atomic mass is 9.88. The Labute approximate surface area is 105 Å². The summed E-state index contributed by atoms with van der Waals surface area (Å²) in [5.41, 5.74) is 1.32. The third-order valence-corrected chi connectivity index (χ3v) is 3.29. The van der Waals surface area contributed by atoms with E-state index in [1.807, 2.05) is 20.2 Å². The van der Waals surface area contributed by atoms with Crippen LogP contribution in [0.2, 0.25) is 0 Å². The van der Waals surface area contributed by atoms with Crippen molar-refractivity contribution in [1.29, 1.82) is 0 Å². The number of amides is 1. The topological polar surface area (TPSA) is 20.3 Å². The van der Waals surface area contributed by atoms with Crippen molar-refractivity contribution in [1.82, 2.24) is 4.90 Å². The summed E-state index contributed by atoms with van der Waals surface area (Å²) >= 11 is 0. The molecule has 0 bridgehead atoms. The van der Waals surface area contributed by atoms with E-state index in [-0.39, 0.29) is 11.8 Å². The number of rotatable bonds is 5. The molecule has 0 aliphatic heterocycles. The molecule has 1 aromatic rings. The molecule has 1 amide bonds. The van der Waals surface area contributed by atoms with Crippen LogP contribution in [-0.2, 0) is 4.79 Å². The molecule has 2 heteroatoms. The minimum atomic E-state index is 0.139. The number of hydrogen-bond acceptors (Lipinski definition) is 1. The molecule has 0 saturated carbocycles. The normalized spacial score (nSPS) is 14.1. The van der Waals surface area contributed by atoms with E-state index in [0.29, 0.717) is 5.92 Å². The zero-order chi connectivity index (χ0) is 12.8. The van der Waals surface area contributed by atoms with Crippen LogP contribution < -0.4 is 0 Å².